The number of rotatable bonds is 7. The number of carbonyl (C=O) groups is 2. The number of ether oxygens (including phenoxy) is 1. The summed E-state index contributed by atoms with van der Waals surface area (Å²) in [4.78, 5) is 42.4. The first kappa shape index (κ1) is 32.2. The van der Waals surface area contributed by atoms with Crippen LogP contribution in [0.4, 0.5) is 29.5 Å². The Morgan fingerprint density at radius 1 is 1.06 bits per heavy atom. The third-order valence-electron chi connectivity index (χ3n) is 7.94. The van der Waals surface area contributed by atoms with Gasteiger partial charge in [-0.2, -0.15) is 5.10 Å². The van der Waals surface area contributed by atoms with E-state index in [0.29, 0.717) is 25.3 Å². The minimum atomic E-state index is -3.00. The van der Waals surface area contributed by atoms with Crippen LogP contribution in [-0.4, -0.2) is 72.4 Å². The summed E-state index contributed by atoms with van der Waals surface area (Å²) in [7, 11) is 0. The molecule has 2 aliphatic heterocycles. The maximum Gasteiger partial charge on any atom is 0.410 e. The molecule has 2 bridgehead atoms. The van der Waals surface area contributed by atoms with Gasteiger partial charge < -0.3 is 15.0 Å². The second kappa shape index (κ2) is 12.8. The van der Waals surface area contributed by atoms with Crippen LogP contribution in [-0.2, 0) is 11.3 Å². The summed E-state index contributed by atoms with van der Waals surface area (Å²) in [5, 5.41) is 6.58. The van der Waals surface area contributed by atoms with Gasteiger partial charge in [0.2, 0.25) is 0 Å². The Kier molecular flexibility index (Phi) is 8.79. The van der Waals surface area contributed by atoms with E-state index < -0.39 is 34.9 Å². The number of halogens is 4. The average Bonchev–Trinajstić information content (AvgIpc) is 3.57. The largest absolute Gasteiger partial charge is 0.444 e. The lowest BCUT2D eigenvalue weighted by Crippen LogP contribution is -2.57. The van der Waals surface area contributed by atoms with Crippen molar-refractivity contribution in [2.45, 2.75) is 64.3 Å². The molecular weight excluding hydrogens is 637 g/mol. The van der Waals surface area contributed by atoms with Gasteiger partial charge in [0.15, 0.2) is 5.82 Å². The van der Waals surface area contributed by atoms with Crippen molar-refractivity contribution < 1.29 is 27.5 Å². The van der Waals surface area contributed by atoms with Crippen molar-refractivity contribution >= 4 is 35.1 Å². The van der Waals surface area contributed by atoms with Crippen LogP contribution in [0.5, 0.6) is 0 Å². The SMILES string of the molecule is CC(C)(C)OC(=O)N1C2CCC1CN(c1ccc(Cn3cc(NC(=O)c4cncc(-c5c(C(F)F)ccc(Cl)c5F)n4)cn3)cn1)C2. The highest BCUT2D eigenvalue weighted by molar-refractivity contribution is 6.31. The monoisotopic (exact) mass is 668 g/mol. The third kappa shape index (κ3) is 7.02. The Bertz CT molecular complexity index is 1780. The van der Waals surface area contributed by atoms with Gasteiger partial charge in [-0.15, -0.1) is 0 Å². The standard InChI is InChI=1S/C32H32ClF3N8O3/c1-32(2,3)47-31(46)44-20-5-6-21(44)17-42(16-20)26-9-4-18(10-38-26)14-43-15-19(11-39-43)40-30(45)25-13-37-12-24(41-25)27-22(29(35)36)7-8-23(33)28(27)34/h4,7-13,15,20-21,29H,5-6,14,16-17H2,1-3H3,(H,40,45). The molecule has 0 spiro atoms. The van der Waals surface area contributed by atoms with Gasteiger partial charge in [0, 0.05) is 36.6 Å². The summed E-state index contributed by atoms with van der Waals surface area (Å²) in [5.74, 6) is -0.941. The summed E-state index contributed by atoms with van der Waals surface area (Å²) in [6, 6.07) is 6.09. The van der Waals surface area contributed by atoms with Crippen molar-refractivity contribution in [2.24, 2.45) is 0 Å². The first-order chi connectivity index (χ1) is 22.4. The zero-order valence-electron chi connectivity index (χ0n) is 25.8. The van der Waals surface area contributed by atoms with Crippen molar-refractivity contribution in [1.82, 2.24) is 29.6 Å². The van der Waals surface area contributed by atoms with Crippen LogP contribution in [0.2, 0.25) is 5.02 Å². The summed E-state index contributed by atoms with van der Waals surface area (Å²) in [5.41, 5.74) is -0.910. The Labute approximate surface area is 273 Å². The number of piperazine rings is 1. The molecule has 2 fully saturated rings. The number of nitrogens with zero attached hydrogens (tertiary/aromatic N) is 7. The van der Waals surface area contributed by atoms with Gasteiger partial charge >= 0.3 is 6.09 Å². The molecule has 4 aromatic rings. The van der Waals surface area contributed by atoms with E-state index in [1.807, 2.05) is 37.8 Å². The van der Waals surface area contributed by atoms with Crippen LogP contribution in [0, 0.1) is 5.82 Å². The maximum absolute atomic E-state index is 14.7. The van der Waals surface area contributed by atoms with Crippen molar-refractivity contribution in [3.05, 3.63) is 82.9 Å². The maximum atomic E-state index is 14.7. The average molecular weight is 669 g/mol. The topological polar surface area (TPSA) is 118 Å². The van der Waals surface area contributed by atoms with Crippen LogP contribution in [0.15, 0.2) is 55.2 Å². The van der Waals surface area contributed by atoms with Gasteiger partial charge in [0.1, 0.15) is 17.1 Å². The number of anilines is 2. The predicted octanol–water partition coefficient (Wildman–Crippen LogP) is 6.35. The van der Waals surface area contributed by atoms with Crippen molar-refractivity contribution in [3.8, 4) is 11.3 Å². The summed E-state index contributed by atoms with van der Waals surface area (Å²) < 4.78 is 49.1. The van der Waals surface area contributed by atoms with Gasteiger partial charge in [-0.3, -0.25) is 19.4 Å². The number of fused-ring (bicyclic) bond motifs is 2. The number of hydrogen-bond acceptors (Lipinski definition) is 8. The van der Waals surface area contributed by atoms with Crippen LogP contribution in [0.1, 0.15) is 61.7 Å². The van der Waals surface area contributed by atoms with Gasteiger partial charge in [-0.05, 0) is 51.3 Å². The Hall–Kier alpha value is -4.72. The van der Waals surface area contributed by atoms with Crippen molar-refractivity contribution in [1.29, 1.82) is 0 Å². The molecule has 15 heteroatoms. The van der Waals surface area contributed by atoms with E-state index >= 15 is 0 Å². The highest BCUT2D eigenvalue weighted by Gasteiger charge is 2.44. The molecular formula is C32H32ClF3N8O3. The van der Waals surface area contributed by atoms with Crippen LogP contribution < -0.4 is 10.2 Å². The summed E-state index contributed by atoms with van der Waals surface area (Å²) in [6.07, 6.45) is 5.65. The van der Waals surface area contributed by atoms with Gasteiger partial charge in [0.05, 0.1) is 53.6 Å². The molecule has 6 rings (SSSR count). The van der Waals surface area contributed by atoms with Crippen molar-refractivity contribution in [2.75, 3.05) is 23.3 Å². The molecule has 0 radical (unpaired) electrons. The zero-order valence-corrected chi connectivity index (χ0v) is 26.6. The summed E-state index contributed by atoms with van der Waals surface area (Å²) in [6.45, 7) is 7.34. The molecule has 47 heavy (non-hydrogen) atoms. The second-order valence-corrected chi connectivity index (χ2v) is 12.9. The lowest BCUT2D eigenvalue weighted by molar-refractivity contribution is 0.0122. The minimum Gasteiger partial charge on any atom is -0.444 e. The number of hydrogen-bond donors (Lipinski definition) is 1. The highest BCUT2D eigenvalue weighted by Crippen LogP contribution is 2.36. The third-order valence-corrected chi connectivity index (χ3v) is 8.23. The fourth-order valence-corrected chi connectivity index (χ4v) is 6.06. The molecule has 2 saturated heterocycles. The predicted molar refractivity (Wildman–Crippen MR) is 168 cm³/mol. The van der Waals surface area contributed by atoms with Gasteiger partial charge in [-0.25, -0.2) is 27.9 Å². The van der Waals surface area contributed by atoms with E-state index in [0.717, 1.165) is 48.7 Å². The van der Waals surface area contributed by atoms with Crippen LogP contribution >= 0.6 is 11.6 Å². The van der Waals surface area contributed by atoms with E-state index in [2.05, 4.69) is 30.3 Å². The number of benzene rings is 1. The molecule has 5 heterocycles. The number of amides is 2. The van der Waals surface area contributed by atoms with E-state index in [1.54, 1.807) is 17.1 Å². The first-order valence-corrected chi connectivity index (χ1v) is 15.4. The van der Waals surface area contributed by atoms with Crippen molar-refractivity contribution in [3.63, 3.8) is 0 Å². The number of alkyl halides is 2. The number of nitrogens with one attached hydrogen (secondary N) is 1. The van der Waals surface area contributed by atoms with E-state index in [9.17, 15) is 22.8 Å². The number of aromatic nitrogens is 5. The molecule has 2 unspecified atom stereocenters. The molecule has 0 aliphatic carbocycles. The molecule has 1 aromatic carbocycles. The normalized spacial score (nSPS) is 17.7. The van der Waals surface area contributed by atoms with Gasteiger partial charge in [0.25, 0.3) is 12.3 Å². The lowest BCUT2D eigenvalue weighted by atomic mass is 10.0. The van der Waals surface area contributed by atoms with Crippen LogP contribution in [0.3, 0.4) is 0 Å². The molecule has 11 nitrogen and oxygen atoms in total. The Morgan fingerprint density at radius 3 is 2.47 bits per heavy atom. The number of carbonyl (C=O) groups excluding carboxylic acids is 2. The highest BCUT2D eigenvalue weighted by atomic mass is 35.5. The smallest absolute Gasteiger partial charge is 0.410 e. The Balaban J connectivity index is 1.08. The van der Waals surface area contributed by atoms with E-state index in [4.69, 9.17) is 16.3 Å². The molecule has 0 saturated carbocycles. The quantitative estimate of drug-likeness (QED) is 0.242. The van der Waals surface area contributed by atoms with E-state index in [1.165, 1.54) is 6.20 Å². The molecule has 246 valence electrons. The summed E-state index contributed by atoms with van der Waals surface area (Å²) >= 11 is 5.82. The fourth-order valence-electron chi connectivity index (χ4n) is 5.90. The second-order valence-electron chi connectivity index (χ2n) is 12.5. The Morgan fingerprint density at radius 2 is 1.81 bits per heavy atom. The molecule has 1 N–H and O–H groups in total. The number of pyridine rings is 1. The minimum absolute atomic E-state index is 0.0735. The van der Waals surface area contributed by atoms with Gasteiger partial charge in [-0.1, -0.05) is 23.7 Å². The first-order valence-electron chi connectivity index (χ1n) is 15.0. The van der Waals surface area contributed by atoms with Crippen LogP contribution in [0.25, 0.3) is 11.3 Å². The fraction of sp³-hybridized carbons (Fsp3) is 0.375. The molecule has 2 aliphatic rings. The lowest BCUT2D eigenvalue weighted by Gasteiger charge is -2.41. The van der Waals surface area contributed by atoms with E-state index in [-0.39, 0.29) is 34.6 Å². The molecule has 2 amide bonds. The molecule has 2 atom stereocenters. The molecule has 3 aromatic heterocycles. The zero-order chi connectivity index (χ0) is 33.5.